The summed E-state index contributed by atoms with van der Waals surface area (Å²) in [6.45, 7) is -1.17. The molecule has 4 nitrogen and oxygen atoms in total. The molecule has 3 aromatic carbocycles. The van der Waals surface area contributed by atoms with Crippen LogP contribution in [0, 0.1) is 24.5 Å². The van der Waals surface area contributed by atoms with Crippen molar-refractivity contribution in [1.29, 1.82) is 0 Å². The summed E-state index contributed by atoms with van der Waals surface area (Å²) < 4.78 is 87.8. The first kappa shape index (κ1) is 26.2. The molecule has 3 aromatic rings. The van der Waals surface area contributed by atoms with E-state index in [-0.39, 0.29) is 34.5 Å². The van der Waals surface area contributed by atoms with Gasteiger partial charge in [-0.1, -0.05) is 35.9 Å². The molecule has 4 rings (SSSR count). The average Bonchev–Trinajstić information content (AvgIpc) is 2.84. The SMILES string of the molecule is Cc1ccc(S(=O)(=O)OCC2CCC(c3ccc(-c4ccc(OC(F)F)c(F)c4)c(F)c3)CC2)cc1. The second-order valence-corrected chi connectivity index (χ2v) is 10.6. The summed E-state index contributed by atoms with van der Waals surface area (Å²) in [4.78, 5) is 0.133. The van der Waals surface area contributed by atoms with Gasteiger partial charge in [0.15, 0.2) is 11.6 Å². The van der Waals surface area contributed by atoms with Crippen LogP contribution in [0.4, 0.5) is 17.6 Å². The number of aryl methyl sites for hydroxylation is 1. The van der Waals surface area contributed by atoms with Gasteiger partial charge < -0.3 is 4.74 Å². The average molecular weight is 523 g/mol. The van der Waals surface area contributed by atoms with Crippen molar-refractivity contribution in [2.24, 2.45) is 5.92 Å². The lowest BCUT2D eigenvalue weighted by atomic mass is 9.79. The highest BCUT2D eigenvalue weighted by Gasteiger charge is 2.26. The Balaban J connectivity index is 1.35. The van der Waals surface area contributed by atoms with Gasteiger partial charge in [0, 0.05) is 5.56 Å². The van der Waals surface area contributed by atoms with E-state index >= 15 is 0 Å². The first-order valence-electron chi connectivity index (χ1n) is 11.6. The third-order valence-corrected chi connectivity index (χ3v) is 7.83. The lowest BCUT2D eigenvalue weighted by molar-refractivity contribution is -0.0521. The number of ether oxygens (including phenoxy) is 1. The topological polar surface area (TPSA) is 52.6 Å². The number of halogens is 4. The number of hydrogen-bond acceptors (Lipinski definition) is 4. The van der Waals surface area contributed by atoms with Gasteiger partial charge in [0.2, 0.25) is 0 Å². The molecule has 0 amide bonds. The molecule has 0 radical (unpaired) electrons. The molecular weight excluding hydrogens is 496 g/mol. The van der Waals surface area contributed by atoms with Crippen LogP contribution in [0.2, 0.25) is 0 Å². The fourth-order valence-corrected chi connectivity index (χ4v) is 5.48. The zero-order valence-electron chi connectivity index (χ0n) is 19.6. The van der Waals surface area contributed by atoms with Gasteiger partial charge in [-0.3, -0.25) is 4.18 Å². The van der Waals surface area contributed by atoms with Crippen LogP contribution in [0.5, 0.6) is 5.75 Å². The minimum absolute atomic E-state index is 0.0857. The third-order valence-electron chi connectivity index (χ3n) is 6.54. The van der Waals surface area contributed by atoms with Gasteiger partial charge >= 0.3 is 6.61 Å². The molecule has 192 valence electrons. The van der Waals surface area contributed by atoms with E-state index in [1.54, 1.807) is 24.3 Å². The Kier molecular flexibility index (Phi) is 8.00. The summed E-state index contributed by atoms with van der Waals surface area (Å²) in [6, 6.07) is 14.6. The summed E-state index contributed by atoms with van der Waals surface area (Å²) in [5, 5.41) is 0. The smallest absolute Gasteiger partial charge is 0.387 e. The molecule has 0 heterocycles. The Morgan fingerprint density at radius 2 is 1.58 bits per heavy atom. The largest absolute Gasteiger partial charge is 0.432 e. The van der Waals surface area contributed by atoms with Gasteiger partial charge in [0.25, 0.3) is 10.1 Å². The molecule has 0 unspecified atom stereocenters. The van der Waals surface area contributed by atoms with Gasteiger partial charge in [0.05, 0.1) is 11.5 Å². The predicted molar refractivity (Wildman–Crippen MR) is 127 cm³/mol. The van der Waals surface area contributed by atoms with E-state index in [1.165, 1.54) is 24.3 Å². The highest BCUT2D eigenvalue weighted by Crippen LogP contribution is 2.38. The Bertz CT molecular complexity index is 1300. The number of rotatable bonds is 8. The first-order chi connectivity index (χ1) is 17.1. The van der Waals surface area contributed by atoms with Crippen LogP contribution < -0.4 is 4.74 Å². The molecule has 0 spiro atoms. The maximum Gasteiger partial charge on any atom is 0.387 e. The van der Waals surface area contributed by atoms with Crippen molar-refractivity contribution in [2.75, 3.05) is 6.61 Å². The van der Waals surface area contributed by atoms with Crippen LogP contribution >= 0.6 is 0 Å². The van der Waals surface area contributed by atoms with Crippen LogP contribution in [-0.2, 0) is 14.3 Å². The van der Waals surface area contributed by atoms with Crippen molar-refractivity contribution in [3.05, 3.63) is 83.4 Å². The summed E-state index contributed by atoms with van der Waals surface area (Å²) in [5.41, 5.74) is 2.14. The molecule has 0 N–H and O–H groups in total. The van der Waals surface area contributed by atoms with Gasteiger partial charge in [-0.15, -0.1) is 0 Å². The van der Waals surface area contributed by atoms with Crippen LogP contribution in [-0.4, -0.2) is 21.6 Å². The van der Waals surface area contributed by atoms with Crippen molar-refractivity contribution >= 4 is 10.1 Å². The normalized spacial score (nSPS) is 18.4. The van der Waals surface area contributed by atoms with Gasteiger partial charge in [-0.2, -0.15) is 17.2 Å². The van der Waals surface area contributed by atoms with E-state index in [1.807, 2.05) is 6.92 Å². The molecule has 1 aliphatic rings. The van der Waals surface area contributed by atoms with Crippen molar-refractivity contribution in [3.63, 3.8) is 0 Å². The minimum atomic E-state index is -3.81. The molecule has 0 aliphatic heterocycles. The monoisotopic (exact) mass is 522 g/mol. The molecule has 1 fully saturated rings. The zero-order valence-corrected chi connectivity index (χ0v) is 20.4. The standard InChI is InChI=1S/C27H26F4O4S/c1-17-2-10-22(11-3-17)36(32,33)34-16-18-4-6-19(7-5-18)20-8-12-23(24(28)14-20)21-9-13-26(25(29)15-21)35-27(30)31/h2-3,8-15,18-19,27H,4-7,16H2,1H3. The molecule has 0 aromatic heterocycles. The molecule has 1 aliphatic carbocycles. The van der Waals surface area contributed by atoms with Crippen molar-refractivity contribution in [1.82, 2.24) is 0 Å². The van der Waals surface area contributed by atoms with Gasteiger partial charge in [-0.25, -0.2) is 8.78 Å². The summed E-state index contributed by atoms with van der Waals surface area (Å²) in [7, 11) is -3.81. The third kappa shape index (κ3) is 6.25. The lowest BCUT2D eigenvalue weighted by Crippen LogP contribution is -2.20. The summed E-state index contributed by atoms with van der Waals surface area (Å²) in [5.74, 6) is -1.94. The Labute approximate surface area is 208 Å². The van der Waals surface area contributed by atoms with E-state index in [4.69, 9.17) is 4.18 Å². The molecule has 36 heavy (non-hydrogen) atoms. The van der Waals surface area contributed by atoms with Crippen molar-refractivity contribution in [2.45, 2.75) is 50.0 Å². The lowest BCUT2D eigenvalue weighted by Gasteiger charge is -2.28. The predicted octanol–water partition coefficient (Wildman–Crippen LogP) is 7.22. The number of benzene rings is 3. The maximum absolute atomic E-state index is 14.9. The van der Waals surface area contributed by atoms with E-state index < -0.39 is 34.1 Å². The van der Waals surface area contributed by atoms with Crippen molar-refractivity contribution in [3.8, 4) is 16.9 Å². The highest BCUT2D eigenvalue weighted by atomic mass is 32.2. The first-order valence-corrected chi connectivity index (χ1v) is 13.0. The molecular formula is C27H26F4O4S. The fourth-order valence-electron chi connectivity index (χ4n) is 4.50. The van der Waals surface area contributed by atoms with E-state index in [2.05, 4.69) is 4.74 Å². The molecule has 0 saturated heterocycles. The van der Waals surface area contributed by atoms with Crippen LogP contribution in [0.1, 0.15) is 42.7 Å². The quantitative estimate of drug-likeness (QED) is 0.232. The van der Waals surface area contributed by atoms with Gasteiger partial charge in [0.1, 0.15) is 5.82 Å². The number of hydrogen-bond donors (Lipinski definition) is 0. The molecule has 0 bridgehead atoms. The second kappa shape index (κ2) is 11.0. The van der Waals surface area contributed by atoms with Gasteiger partial charge in [-0.05, 0) is 85.9 Å². The van der Waals surface area contributed by atoms with Crippen LogP contribution in [0.25, 0.3) is 11.1 Å². The summed E-state index contributed by atoms with van der Waals surface area (Å²) in [6.07, 6.45) is 3.00. The fraction of sp³-hybridized carbons (Fsp3) is 0.333. The second-order valence-electron chi connectivity index (χ2n) is 9.03. The minimum Gasteiger partial charge on any atom is -0.432 e. The molecule has 0 atom stereocenters. The Morgan fingerprint density at radius 1 is 0.889 bits per heavy atom. The summed E-state index contributed by atoms with van der Waals surface area (Å²) >= 11 is 0. The van der Waals surface area contributed by atoms with Crippen LogP contribution in [0.3, 0.4) is 0 Å². The van der Waals surface area contributed by atoms with Crippen LogP contribution in [0.15, 0.2) is 65.6 Å². The van der Waals surface area contributed by atoms with E-state index in [0.717, 1.165) is 48.9 Å². The van der Waals surface area contributed by atoms with E-state index in [9.17, 15) is 26.0 Å². The molecule has 9 heteroatoms. The maximum atomic E-state index is 14.9. The number of alkyl halides is 2. The Hall–Kier alpha value is -2.91. The molecule has 1 saturated carbocycles. The van der Waals surface area contributed by atoms with Crippen molar-refractivity contribution < 1.29 is 34.9 Å². The highest BCUT2D eigenvalue weighted by molar-refractivity contribution is 7.86. The zero-order chi connectivity index (χ0) is 25.9. The van der Waals surface area contributed by atoms with E-state index in [0.29, 0.717) is 0 Å². The Morgan fingerprint density at radius 3 is 2.19 bits per heavy atom.